The number of carbonyl (C=O) groups excluding carboxylic acids is 2. The van der Waals surface area contributed by atoms with Gasteiger partial charge >= 0.3 is 6.03 Å². The lowest BCUT2D eigenvalue weighted by atomic mass is 10.0. The molecule has 24 heavy (non-hydrogen) atoms. The second kappa shape index (κ2) is 8.63. The van der Waals surface area contributed by atoms with Crippen LogP contribution in [0.4, 0.5) is 9.18 Å². The molecule has 0 radical (unpaired) electrons. The fraction of sp³-hybridized carbons (Fsp3) is 0.529. The van der Waals surface area contributed by atoms with E-state index in [9.17, 15) is 14.0 Å². The van der Waals surface area contributed by atoms with Gasteiger partial charge in [-0.2, -0.15) is 0 Å². The molecule has 1 unspecified atom stereocenters. The molecule has 0 bridgehead atoms. The van der Waals surface area contributed by atoms with Gasteiger partial charge in [-0.05, 0) is 23.6 Å². The molecular formula is C17H25FN4O2. The molecule has 1 saturated heterocycles. The summed E-state index contributed by atoms with van der Waals surface area (Å²) in [6, 6.07) is 4.89. The maximum absolute atomic E-state index is 12.8. The van der Waals surface area contributed by atoms with Crippen LogP contribution in [0.1, 0.15) is 19.4 Å². The standard InChI is InChI=1S/C17H25FN4O2/c1-11(2)15(16(23)20-10-13-7-19-8-13)22-17(24)21-9-12-3-5-14(18)6-4-12/h3-6,11,13,15,19H,7-10H2,1-2H3,(H,20,23)(H2,21,22,24). The lowest BCUT2D eigenvalue weighted by Gasteiger charge is -2.29. The van der Waals surface area contributed by atoms with Crippen LogP contribution < -0.4 is 21.3 Å². The molecule has 0 aromatic heterocycles. The second-order valence-electron chi connectivity index (χ2n) is 6.44. The zero-order chi connectivity index (χ0) is 17.5. The summed E-state index contributed by atoms with van der Waals surface area (Å²) in [6.07, 6.45) is 0. The fourth-order valence-corrected chi connectivity index (χ4v) is 2.36. The Kier molecular flexibility index (Phi) is 6.54. The van der Waals surface area contributed by atoms with E-state index in [1.165, 1.54) is 12.1 Å². The van der Waals surface area contributed by atoms with Gasteiger partial charge in [-0.25, -0.2) is 9.18 Å². The Balaban J connectivity index is 1.78. The number of benzene rings is 1. The Bertz CT molecular complexity index is 558. The van der Waals surface area contributed by atoms with E-state index in [1.54, 1.807) is 12.1 Å². The van der Waals surface area contributed by atoms with Crippen LogP contribution in [-0.2, 0) is 11.3 Å². The first kappa shape index (κ1) is 18.2. The first-order valence-electron chi connectivity index (χ1n) is 8.23. The fourth-order valence-electron chi connectivity index (χ4n) is 2.36. The van der Waals surface area contributed by atoms with Crippen molar-refractivity contribution in [3.05, 3.63) is 35.6 Å². The third-order valence-corrected chi connectivity index (χ3v) is 4.03. The first-order valence-corrected chi connectivity index (χ1v) is 8.23. The first-order chi connectivity index (χ1) is 11.5. The maximum atomic E-state index is 12.8. The highest BCUT2D eigenvalue weighted by Crippen LogP contribution is 2.05. The lowest BCUT2D eigenvalue weighted by Crippen LogP contribution is -2.55. The molecule has 1 aromatic rings. The molecule has 2 rings (SSSR count). The highest BCUT2D eigenvalue weighted by molar-refractivity contribution is 5.87. The summed E-state index contributed by atoms with van der Waals surface area (Å²) >= 11 is 0. The summed E-state index contributed by atoms with van der Waals surface area (Å²) < 4.78 is 12.8. The molecular weight excluding hydrogens is 311 g/mol. The molecule has 1 aliphatic rings. The average molecular weight is 336 g/mol. The smallest absolute Gasteiger partial charge is 0.315 e. The van der Waals surface area contributed by atoms with Crippen molar-refractivity contribution in [2.45, 2.75) is 26.4 Å². The van der Waals surface area contributed by atoms with Gasteiger partial charge in [-0.1, -0.05) is 26.0 Å². The molecule has 6 nitrogen and oxygen atoms in total. The van der Waals surface area contributed by atoms with Crippen LogP contribution in [0.25, 0.3) is 0 Å². The predicted molar refractivity (Wildman–Crippen MR) is 89.8 cm³/mol. The monoisotopic (exact) mass is 336 g/mol. The Morgan fingerprint density at radius 3 is 2.42 bits per heavy atom. The number of hydrogen-bond acceptors (Lipinski definition) is 3. The quantitative estimate of drug-likeness (QED) is 0.599. The summed E-state index contributed by atoms with van der Waals surface area (Å²) in [5, 5.41) is 11.4. The minimum Gasteiger partial charge on any atom is -0.354 e. The Labute approximate surface area is 141 Å². The molecule has 3 amide bonds. The third-order valence-electron chi connectivity index (χ3n) is 4.03. The van der Waals surface area contributed by atoms with Crippen molar-refractivity contribution in [2.75, 3.05) is 19.6 Å². The largest absolute Gasteiger partial charge is 0.354 e. The van der Waals surface area contributed by atoms with Crippen molar-refractivity contribution in [3.63, 3.8) is 0 Å². The number of carbonyl (C=O) groups is 2. The molecule has 0 spiro atoms. The molecule has 1 aliphatic heterocycles. The highest BCUT2D eigenvalue weighted by atomic mass is 19.1. The molecule has 1 atom stereocenters. The summed E-state index contributed by atoms with van der Waals surface area (Å²) in [5.74, 6) is -0.0506. The van der Waals surface area contributed by atoms with Crippen LogP contribution >= 0.6 is 0 Å². The van der Waals surface area contributed by atoms with Crippen LogP contribution in [0.2, 0.25) is 0 Å². The number of hydrogen-bond donors (Lipinski definition) is 4. The number of nitrogens with one attached hydrogen (secondary N) is 4. The molecule has 4 N–H and O–H groups in total. The van der Waals surface area contributed by atoms with Crippen molar-refractivity contribution in [2.24, 2.45) is 11.8 Å². The van der Waals surface area contributed by atoms with Gasteiger partial charge in [-0.3, -0.25) is 4.79 Å². The third kappa shape index (κ3) is 5.49. The molecule has 1 fully saturated rings. The van der Waals surface area contributed by atoms with Gasteiger partial charge in [0.05, 0.1) is 0 Å². The Hall–Kier alpha value is -2.15. The molecule has 0 saturated carbocycles. The summed E-state index contributed by atoms with van der Waals surface area (Å²) in [7, 11) is 0. The van der Waals surface area contributed by atoms with Crippen molar-refractivity contribution in [1.82, 2.24) is 21.3 Å². The average Bonchev–Trinajstić information content (AvgIpc) is 2.50. The van der Waals surface area contributed by atoms with Crippen LogP contribution in [-0.4, -0.2) is 37.6 Å². The lowest BCUT2D eigenvalue weighted by molar-refractivity contribution is -0.124. The van der Waals surface area contributed by atoms with Crippen molar-refractivity contribution in [3.8, 4) is 0 Å². The van der Waals surface area contributed by atoms with Gasteiger partial charge < -0.3 is 21.3 Å². The van der Waals surface area contributed by atoms with Gasteiger partial charge in [-0.15, -0.1) is 0 Å². The summed E-state index contributed by atoms with van der Waals surface area (Å²) in [5.41, 5.74) is 0.787. The summed E-state index contributed by atoms with van der Waals surface area (Å²) in [6.45, 7) is 6.49. The summed E-state index contributed by atoms with van der Waals surface area (Å²) in [4.78, 5) is 24.3. The normalized spacial score (nSPS) is 15.5. The number of halogens is 1. The number of urea groups is 1. The van der Waals surface area contributed by atoms with Crippen LogP contribution in [0.15, 0.2) is 24.3 Å². The molecule has 1 heterocycles. The van der Waals surface area contributed by atoms with E-state index < -0.39 is 12.1 Å². The van der Waals surface area contributed by atoms with Crippen LogP contribution in [0.5, 0.6) is 0 Å². The van der Waals surface area contributed by atoms with Crippen molar-refractivity contribution in [1.29, 1.82) is 0 Å². The molecule has 7 heteroatoms. The van der Waals surface area contributed by atoms with Gasteiger partial charge in [0.1, 0.15) is 11.9 Å². The van der Waals surface area contributed by atoms with Crippen molar-refractivity contribution < 1.29 is 14.0 Å². The SMILES string of the molecule is CC(C)C(NC(=O)NCc1ccc(F)cc1)C(=O)NCC1CNC1. The number of amides is 3. The van der Waals surface area contributed by atoms with E-state index in [1.807, 2.05) is 13.8 Å². The number of rotatable bonds is 7. The predicted octanol–water partition coefficient (Wildman–Crippen LogP) is 0.985. The van der Waals surface area contributed by atoms with E-state index >= 15 is 0 Å². The van der Waals surface area contributed by atoms with Gasteiger partial charge in [0.15, 0.2) is 0 Å². The molecule has 1 aromatic carbocycles. The molecule has 132 valence electrons. The van der Waals surface area contributed by atoms with Gasteiger partial charge in [0.2, 0.25) is 5.91 Å². The van der Waals surface area contributed by atoms with Crippen molar-refractivity contribution >= 4 is 11.9 Å². The zero-order valence-corrected chi connectivity index (χ0v) is 14.1. The topological polar surface area (TPSA) is 82.3 Å². The highest BCUT2D eigenvalue weighted by Gasteiger charge is 2.25. The van der Waals surface area contributed by atoms with E-state index in [0.717, 1.165) is 18.7 Å². The minimum atomic E-state index is -0.591. The van der Waals surface area contributed by atoms with E-state index in [0.29, 0.717) is 12.5 Å². The Morgan fingerprint density at radius 2 is 1.88 bits per heavy atom. The minimum absolute atomic E-state index is 0.0268. The Morgan fingerprint density at radius 1 is 1.21 bits per heavy atom. The second-order valence-corrected chi connectivity index (χ2v) is 6.44. The van der Waals surface area contributed by atoms with E-state index in [-0.39, 0.29) is 24.2 Å². The van der Waals surface area contributed by atoms with Gasteiger partial charge in [0, 0.05) is 32.1 Å². The maximum Gasteiger partial charge on any atom is 0.315 e. The van der Waals surface area contributed by atoms with Crippen LogP contribution in [0, 0.1) is 17.7 Å². The van der Waals surface area contributed by atoms with Crippen LogP contribution in [0.3, 0.4) is 0 Å². The zero-order valence-electron chi connectivity index (χ0n) is 14.1. The van der Waals surface area contributed by atoms with E-state index in [2.05, 4.69) is 21.3 Å². The van der Waals surface area contributed by atoms with Gasteiger partial charge in [0.25, 0.3) is 0 Å². The molecule has 0 aliphatic carbocycles. The van der Waals surface area contributed by atoms with E-state index in [4.69, 9.17) is 0 Å².